The van der Waals surface area contributed by atoms with Crippen molar-refractivity contribution in [3.63, 3.8) is 0 Å². The van der Waals surface area contributed by atoms with Crippen molar-refractivity contribution in [1.82, 2.24) is 20.4 Å². The number of aryl methyl sites for hydroxylation is 2. The van der Waals surface area contributed by atoms with Gasteiger partial charge in [0.05, 0.1) is 19.2 Å². The average Bonchev–Trinajstić information content (AvgIpc) is 3.35. The van der Waals surface area contributed by atoms with E-state index < -0.39 is 6.23 Å². The normalized spacial score (nSPS) is 11.6. The second-order valence-corrected chi connectivity index (χ2v) is 9.61. The van der Waals surface area contributed by atoms with E-state index in [1.54, 1.807) is 7.11 Å². The number of aliphatic hydroxyl groups excluding tert-OH is 1. The molecule has 0 saturated carbocycles. The van der Waals surface area contributed by atoms with Crippen LogP contribution in [0.3, 0.4) is 0 Å². The summed E-state index contributed by atoms with van der Waals surface area (Å²) in [5.41, 5.74) is 2.81. The summed E-state index contributed by atoms with van der Waals surface area (Å²) in [7, 11) is 1.62. The molecule has 1 unspecified atom stereocenters. The molecule has 3 N–H and O–H groups in total. The Morgan fingerprint density at radius 2 is 1.76 bits per heavy atom. The van der Waals surface area contributed by atoms with E-state index in [1.807, 2.05) is 66.7 Å². The zero-order valence-corrected chi connectivity index (χ0v) is 21.4. The van der Waals surface area contributed by atoms with Crippen molar-refractivity contribution in [1.29, 1.82) is 0 Å². The number of carbonyl (C=O) groups is 1. The second kappa shape index (κ2) is 13.4. The summed E-state index contributed by atoms with van der Waals surface area (Å²) >= 11 is 1.41. The fraction of sp³-hybridized carbons (Fsp3) is 0.296. The number of rotatable bonds is 13. The third-order valence-electron chi connectivity index (χ3n) is 5.59. The lowest BCUT2D eigenvalue weighted by Gasteiger charge is -2.14. The topological polar surface area (TPSA) is 122 Å². The molecule has 0 aliphatic carbocycles. The largest absolute Gasteiger partial charge is 0.497 e. The molecule has 37 heavy (non-hydrogen) atoms. The minimum atomic E-state index is -0.785. The van der Waals surface area contributed by atoms with Crippen LogP contribution in [0.15, 0.2) is 66.7 Å². The second-order valence-electron chi connectivity index (χ2n) is 8.54. The maximum Gasteiger partial charge on any atom is 0.230 e. The van der Waals surface area contributed by atoms with E-state index in [0.29, 0.717) is 23.8 Å². The summed E-state index contributed by atoms with van der Waals surface area (Å²) in [6, 6.07) is 20.9. The van der Waals surface area contributed by atoms with Gasteiger partial charge in [-0.25, -0.2) is 0 Å². The number of carbonyl (C=O) groups excluding carboxylic acids is 1. The number of hydrogen-bond acceptors (Lipinski definition) is 9. The molecule has 0 spiro atoms. The van der Waals surface area contributed by atoms with Crippen molar-refractivity contribution in [2.45, 2.75) is 44.8 Å². The molecule has 0 aliphatic rings. The predicted octanol–water partition coefficient (Wildman–Crippen LogP) is 4.06. The van der Waals surface area contributed by atoms with Gasteiger partial charge in [-0.3, -0.25) is 4.79 Å². The molecule has 0 fully saturated rings. The van der Waals surface area contributed by atoms with Crippen LogP contribution in [0.4, 0.5) is 10.9 Å². The van der Waals surface area contributed by atoms with Gasteiger partial charge in [0.1, 0.15) is 17.0 Å². The van der Waals surface area contributed by atoms with E-state index in [4.69, 9.17) is 4.74 Å². The zero-order valence-electron chi connectivity index (χ0n) is 20.6. The van der Waals surface area contributed by atoms with Gasteiger partial charge in [-0.05, 0) is 54.7 Å². The highest BCUT2D eigenvalue weighted by Gasteiger charge is 2.10. The van der Waals surface area contributed by atoms with Crippen LogP contribution in [-0.2, 0) is 30.5 Å². The van der Waals surface area contributed by atoms with Crippen molar-refractivity contribution in [2.75, 3.05) is 17.7 Å². The molecule has 4 rings (SSSR count). The number of unbranched alkanes of at least 4 members (excludes halogenated alkanes) is 1. The molecule has 0 aliphatic heterocycles. The van der Waals surface area contributed by atoms with Crippen LogP contribution in [0, 0.1) is 0 Å². The minimum absolute atomic E-state index is 0.0989. The first kappa shape index (κ1) is 26.2. The number of amides is 1. The Bertz CT molecular complexity index is 1270. The fourth-order valence-electron chi connectivity index (χ4n) is 3.75. The standard InChI is InChI=1S/C27H30N6O3S/c1-36-22-12-7-10-20(16-22)18-24(34)28-23-15-14-21(30-31-23)11-5-6-13-26-32-33-27(37-26)29-25(35)17-19-8-3-2-4-9-19/h2-4,7-10,12,14-16,24,34H,5-6,11,13,17-18H2,1H3,(H,28,31)(H,29,33,35). The van der Waals surface area contributed by atoms with Gasteiger partial charge >= 0.3 is 0 Å². The van der Waals surface area contributed by atoms with Crippen LogP contribution in [-0.4, -0.2) is 44.7 Å². The summed E-state index contributed by atoms with van der Waals surface area (Å²) in [6.07, 6.45) is 3.38. The number of benzene rings is 2. The molecule has 2 aromatic carbocycles. The number of methoxy groups -OCH3 is 1. The van der Waals surface area contributed by atoms with Crippen LogP contribution in [0.5, 0.6) is 5.75 Å². The lowest BCUT2D eigenvalue weighted by molar-refractivity contribution is -0.115. The van der Waals surface area contributed by atoms with Crippen LogP contribution in [0.1, 0.15) is 34.7 Å². The predicted molar refractivity (Wildman–Crippen MR) is 144 cm³/mol. The van der Waals surface area contributed by atoms with Gasteiger partial charge in [-0.1, -0.05) is 53.8 Å². The molecule has 9 nitrogen and oxygen atoms in total. The molecule has 2 aromatic heterocycles. The van der Waals surface area contributed by atoms with Crippen molar-refractivity contribution < 1.29 is 14.6 Å². The Morgan fingerprint density at radius 3 is 2.54 bits per heavy atom. The minimum Gasteiger partial charge on any atom is -0.497 e. The Morgan fingerprint density at radius 1 is 0.946 bits per heavy atom. The first-order valence-corrected chi connectivity index (χ1v) is 13.0. The highest BCUT2D eigenvalue weighted by molar-refractivity contribution is 7.15. The Kier molecular flexibility index (Phi) is 9.50. The summed E-state index contributed by atoms with van der Waals surface area (Å²) < 4.78 is 5.22. The van der Waals surface area contributed by atoms with Gasteiger partial charge in [0.25, 0.3) is 0 Å². The summed E-state index contributed by atoms with van der Waals surface area (Å²) in [4.78, 5) is 12.2. The number of anilines is 2. The molecule has 0 saturated heterocycles. The van der Waals surface area contributed by atoms with E-state index in [0.717, 1.165) is 53.3 Å². The van der Waals surface area contributed by atoms with Crippen LogP contribution in [0.25, 0.3) is 0 Å². The van der Waals surface area contributed by atoms with E-state index in [-0.39, 0.29) is 5.91 Å². The Labute approximate surface area is 220 Å². The molecule has 0 bridgehead atoms. The molecule has 2 heterocycles. The van der Waals surface area contributed by atoms with Gasteiger partial charge in [-0.15, -0.1) is 15.3 Å². The van der Waals surface area contributed by atoms with Gasteiger partial charge in [-0.2, -0.15) is 5.10 Å². The third-order valence-corrected chi connectivity index (χ3v) is 6.49. The van der Waals surface area contributed by atoms with Crippen LogP contribution in [0.2, 0.25) is 0 Å². The molecular formula is C27H30N6O3S. The monoisotopic (exact) mass is 518 g/mol. The average molecular weight is 519 g/mol. The summed E-state index contributed by atoms with van der Waals surface area (Å²) in [5.74, 6) is 1.18. The number of nitrogens with zero attached hydrogens (tertiary/aromatic N) is 4. The molecule has 1 amide bonds. The van der Waals surface area contributed by atoms with Crippen LogP contribution < -0.4 is 15.4 Å². The summed E-state index contributed by atoms with van der Waals surface area (Å²) in [5, 5.41) is 34.3. The van der Waals surface area contributed by atoms with E-state index in [1.165, 1.54) is 11.3 Å². The molecule has 192 valence electrons. The van der Waals surface area contributed by atoms with Gasteiger partial charge in [0.15, 0.2) is 5.82 Å². The summed E-state index contributed by atoms with van der Waals surface area (Å²) in [6.45, 7) is 0. The van der Waals surface area contributed by atoms with Crippen LogP contribution >= 0.6 is 11.3 Å². The Balaban J connectivity index is 1.15. The molecular weight excluding hydrogens is 488 g/mol. The highest BCUT2D eigenvalue weighted by Crippen LogP contribution is 2.18. The third kappa shape index (κ3) is 8.62. The first-order valence-electron chi connectivity index (χ1n) is 12.1. The van der Waals surface area contributed by atoms with Gasteiger partial charge in [0.2, 0.25) is 11.0 Å². The highest BCUT2D eigenvalue weighted by atomic mass is 32.1. The zero-order chi connectivity index (χ0) is 25.9. The lowest BCUT2D eigenvalue weighted by Crippen LogP contribution is -2.22. The SMILES string of the molecule is COc1cccc(CC(O)Nc2ccc(CCCCc3nnc(NC(=O)Cc4ccccc4)s3)nn2)c1. The number of nitrogens with one attached hydrogen (secondary N) is 2. The van der Waals surface area contributed by atoms with Crippen molar-refractivity contribution in [3.05, 3.63) is 88.6 Å². The first-order chi connectivity index (χ1) is 18.1. The van der Waals surface area contributed by atoms with Crippen molar-refractivity contribution >= 4 is 28.2 Å². The smallest absolute Gasteiger partial charge is 0.230 e. The molecule has 4 aromatic rings. The number of ether oxygens (including phenoxy) is 1. The van der Waals surface area contributed by atoms with Crippen molar-refractivity contribution in [2.24, 2.45) is 0 Å². The Hall–Kier alpha value is -3.89. The van der Waals surface area contributed by atoms with E-state index in [2.05, 4.69) is 31.0 Å². The van der Waals surface area contributed by atoms with Gasteiger partial charge < -0.3 is 20.5 Å². The number of aromatic nitrogens is 4. The molecule has 0 radical (unpaired) electrons. The number of aliphatic hydroxyl groups is 1. The van der Waals surface area contributed by atoms with Gasteiger partial charge in [0, 0.05) is 12.8 Å². The van der Waals surface area contributed by atoms with E-state index in [9.17, 15) is 9.90 Å². The molecule has 10 heteroatoms. The van der Waals surface area contributed by atoms with E-state index >= 15 is 0 Å². The number of hydrogen-bond donors (Lipinski definition) is 3. The fourth-order valence-corrected chi connectivity index (χ4v) is 4.54. The lowest BCUT2D eigenvalue weighted by atomic mass is 10.1. The van der Waals surface area contributed by atoms with Crippen molar-refractivity contribution in [3.8, 4) is 5.75 Å². The maximum atomic E-state index is 12.2. The molecule has 1 atom stereocenters. The maximum absolute atomic E-state index is 12.2. The quantitative estimate of drug-likeness (QED) is 0.179.